The second-order valence-electron chi connectivity index (χ2n) is 4.19. The van der Waals surface area contributed by atoms with Crippen molar-refractivity contribution in [2.24, 2.45) is 5.73 Å². The summed E-state index contributed by atoms with van der Waals surface area (Å²) in [5.74, 6) is 1.37. The van der Waals surface area contributed by atoms with Gasteiger partial charge in [0.15, 0.2) is 6.10 Å². The van der Waals surface area contributed by atoms with E-state index >= 15 is 0 Å². The van der Waals surface area contributed by atoms with Gasteiger partial charge in [-0.25, -0.2) is 0 Å². The Labute approximate surface area is 97.1 Å². The number of nitrogens with one attached hydrogen (secondary N) is 1. The van der Waals surface area contributed by atoms with E-state index in [-0.39, 0.29) is 11.9 Å². The predicted octanol–water partition coefficient (Wildman–Crippen LogP) is 2.90. The minimum absolute atomic E-state index is 0.0791. The van der Waals surface area contributed by atoms with Gasteiger partial charge in [0, 0.05) is 0 Å². The van der Waals surface area contributed by atoms with E-state index < -0.39 is 0 Å². The number of benzene rings is 1. The lowest BCUT2D eigenvalue weighted by molar-refractivity contribution is 0.260. The molecule has 1 aromatic carbocycles. The van der Waals surface area contributed by atoms with Crippen molar-refractivity contribution >= 4 is 5.84 Å². The smallest absolute Gasteiger partial charge is 0.155 e. The van der Waals surface area contributed by atoms with Crippen molar-refractivity contribution in [2.75, 3.05) is 0 Å². The molecular weight excluding hydrogens is 200 g/mol. The lowest BCUT2D eigenvalue weighted by Crippen LogP contribution is -2.32. The van der Waals surface area contributed by atoms with Crippen LogP contribution in [0.5, 0.6) is 5.75 Å². The Morgan fingerprint density at radius 1 is 1.31 bits per heavy atom. The minimum Gasteiger partial charge on any atom is -0.483 e. The Morgan fingerprint density at radius 3 is 2.25 bits per heavy atom. The first kappa shape index (κ1) is 12.6. The van der Waals surface area contributed by atoms with Gasteiger partial charge in [0.1, 0.15) is 11.6 Å². The van der Waals surface area contributed by atoms with Gasteiger partial charge in [0.2, 0.25) is 0 Å². The van der Waals surface area contributed by atoms with E-state index in [1.54, 1.807) is 0 Å². The van der Waals surface area contributed by atoms with Gasteiger partial charge in [-0.15, -0.1) is 0 Å². The van der Waals surface area contributed by atoms with Crippen molar-refractivity contribution in [2.45, 2.75) is 39.2 Å². The van der Waals surface area contributed by atoms with Crippen LogP contribution in [0, 0.1) is 5.41 Å². The molecule has 0 radical (unpaired) electrons. The van der Waals surface area contributed by atoms with Crippen LogP contribution in [0.1, 0.15) is 38.7 Å². The van der Waals surface area contributed by atoms with E-state index in [0.29, 0.717) is 12.3 Å². The molecule has 0 spiro atoms. The highest BCUT2D eigenvalue weighted by atomic mass is 16.5. The van der Waals surface area contributed by atoms with E-state index in [1.165, 1.54) is 5.56 Å². The standard InChI is InChI=1S/C13H20N2O/c1-4-12(13(14)15)16-11-7-5-10(6-8-11)9(2)3/h5-9,12H,4H2,1-3H3,(H3,14,15). The van der Waals surface area contributed by atoms with E-state index in [9.17, 15) is 0 Å². The van der Waals surface area contributed by atoms with Crippen LogP contribution in [0.3, 0.4) is 0 Å². The second kappa shape index (κ2) is 5.54. The van der Waals surface area contributed by atoms with Crippen molar-refractivity contribution in [3.8, 4) is 5.75 Å². The van der Waals surface area contributed by atoms with E-state index in [1.807, 2.05) is 31.2 Å². The third-order valence-electron chi connectivity index (χ3n) is 2.54. The van der Waals surface area contributed by atoms with Gasteiger partial charge in [-0.05, 0) is 30.0 Å². The van der Waals surface area contributed by atoms with Crippen LogP contribution in [0.2, 0.25) is 0 Å². The molecule has 16 heavy (non-hydrogen) atoms. The van der Waals surface area contributed by atoms with Gasteiger partial charge in [0.05, 0.1) is 0 Å². The number of nitrogens with two attached hydrogens (primary N) is 1. The SMILES string of the molecule is CCC(Oc1ccc(C(C)C)cc1)C(=N)N. The predicted molar refractivity (Wildman–Crippen MR) is 67.2 cm³/mol. The van der Waals surface area contributed by atoms with Crippen molar-refractivity contribution < 1.29 is 4.74 Å². The third-order valence-corrected chi connectivity index (χ3v) is 2.54. The quantitative estimate of drug-likeness (QED) is 0.592. The van der Waals surface area contributed by atoms with Gasteiger partial charge in [-0.1, -0.05) is 32.9 Å². The van der Waals surface area contributed by atoms with Crippen LogP contribution in [-0.4, -0.2) is 11.9 Å². The fraction of sp³-hybridized carbons (Fsp3) is 0.462. The Kier molecular flexibility index (Phi) is 4.35. The third kappa shape index (κ3) is 3.26. The first-order valence-corrected chi connectivity index (χ1v) is 5.65. The fourth-order valence-electron chi connectivity index (χ4n) is 1.46. The van der Waals surface area contributed by atoms with E-state index in [2.05, 4.69) is 13.8 Å². The number of amidine groups is 1. The summed E-state index contributed by atoms with van der Waals surface area (Å²) in [4.78, 5) is 0. The number of hydrogen-bond acceptors (Lipinski definition) is 2. The lowest BCUT2D eigenvalue weighted by Gasteiger charge is -2.16. The molecule has 0 heterocycles. The summed E-state index contributed by atoms with van der Waals surface area (Å²) in [7, 11) is 0. The topological polar surface area (TPSA) is 59.1 Å². The van der Waals surface area contributed by atoms with E-state index in [0.717, 1.165) is 5.75 Å². The van der Waals surface area contributed by atoms with Gasteiger partial charge in [0.25, 0.3) is 0 Å². The first-order chi connectivity index (χ1) is 7.54. The van der Waals surface area contributed by atoms with Gasteiger partial charge in [-0.3, -0.25) is 5.41 Å². The summed E-state index contributed by atoms with van der Waals surface area (Å²) >= 11 is 0. The molecular formula is C13H20N2O. The highest BCUT2D eigenvalue weighted by Gasteiger charge is 2.11. The summed E-state index contributed by atoms with van der Waals surface area (Å²) < 4.78 is 5.61. The Bertz CT molecular complexity index is 343. The summed E-state index contributed by atoms with van der Waals surface area (Å²) in [6.45, 7) is 6.26. The highest BCUT2D eigenvalue weighted by Crippen LogP contribution is 2.19. The van der Waals surface area contributed by atoms with E-state index in [4.69, 9.17) is 15.9 Å². The average molecular weight is 220 g/mol. The van der Waals surface area contributed by atoms with Crippen molar-refractivity contribution in [1.29, 1.82) is 5.41 Å². The molecule has 3 heteroatoms. The van der Waals surface area contributed by atoms with Crippen LogP contribution in [0.25, 0.3) is 0 Å². The molecule has 0 saturated carbocycles. The highest BCUT2D eigenvalue weighted by molar-refractivity contribution is 5.81. The zero-order valence-electron chi connectivity index (χ0n) is 10.2. The maximum atomic E-state index is 7.36. The summed E-state index contributed by atoms with van der Waals surface area (Å²) in [5.41, 5.74) is 6.71. The first-order valence-electron chi connectivity index (χ1n) is 5.65. The molecule has 0 aliphatic rings. The molecule has 0 saturated heterocycles. The Balaban J connectivity index is 2.71. The maximum absolute atomic E-state index is 7.36. The molecule has 1 aromatic rings. The molecule has 1 atom stereocenters. The molecule has 0 aliphatic carbocycles. The van der Waals surface area contributed by atoms with Crippen LogP contribution in [0.15, 0.2) is 24.3 Å². The molecule has 3 nitrogen and oxygen atoms in total. The number of rotatable bonds is 5. The minimum atomic E-state index is -0.315. The molecule has 0 aliphatic heterocycles. The summed E-state index contributed by atoms with van der Waals surface area (Å²) in [6.07, 6.45) is 0.395. The Hall–Kier alpha value is -1.51. The van der Waals surface area contributed by atoms with Gasteiger partial charge < -0.3 is 10.5 Å². The summed E-state index contributed by atoms with van der Waals surface area (Å²) in [6, 6.07) is 7.96. The molecule has 1 unspecified atom stereocenters. The fourth-order valence-corrected chi connectivity index (χ4v) is 1.46. The largest absolute Gasteiger partial charge is 0.483 e. The van der Waals surface area contributed by atoms with Crippen molar-refractivity contribution in [3.05, 3.63) is 29.8 Å². The Morgan fingerprint density at radius 2 is 1.88 bits per heavy atom. The van der Waals surface area contributed by atoms with Crippen molar-refractivity contribution in [3.63, 3.8) is 0 Å². The van der Waals surface area contributed by atoms with Crippen LogP contribution < -0.4 is 10.5 Å². The number of hydrogen-bond donors (Lipinski definition) is 2. The maximum Gasteiger partial charge on any atom is 0.155 e. The zero-order chi connectivity index (χ0) is 12.1. The van der Waals surface area contributed by atoms with Gasteiger partial charge in [-0.2, -0.15) is 0 Å². The molecule has 1 rings (SSSR count). The van der Waals surface area contributed by atoms with Crippen molar-refractivity contribution in [1.82, 2.24) is 0 Å². The molecule has 0 fully saturated rings. The normalized spacial score (nSPS) is 12.5. The zero-order valence-corrected chi connectivity index (χ0v) is 10.2. The second-order valence-corrected chi connectivity index (χ2v) is 4.19. The van der Waals surface area contributed by atoms with Crippen LogP contribution >= 0.6 is 0 Å². The molecule has 3 N–H and O–H groups in total. The monoisotopic (exact) mass is 220 g/mol. The molecule has 0 bridgehead atoms. The van der Waals surface area contributed by atoms with Crippen LogP contribution in [-0.2, 0) is 0 Å². The summed E-state index contributed by atoms with van der Waals surface area (Å²) in [5, 5.41) is 7.36. The average Bonchev–Trinajstić information content (AvgIpc) is 2.26. The lowest BCUT2D eigenvalue weighted by atomic mass is 10.0. The molecule has 88 valence electrons. The van der Waals surface area contributed by atoms with Gasteiger partial charge >= 0.3 is 0 Å². The van der Waals surface area contributed by atoms with Crippen LogP contribution in [0.4, 0.5) is 0 Å². The number of ether oxygens (including phenoxy) is 1. The molecule has 0 aromatic heterocycles. The molecule has 0 amide bonds.